The number of allylic oxidation sites excluding steroid dienone is 2. The van der Waals surface area contributed by atoms with E-state index < -0.39 is 11.0 Å². The number of hydrogen-bond donors (Lipinski definition) is 2. The van der Waals surface area contributed by atoms with Crippen LogP contribution in [-0.2, 0) is 24.1 Å². The number of phenolic OH excluding ortho intramolecular Hbond substituents is 1. The second kappa shape index (κ2) is 8.69. The van der Waals surface area contributed by atoms with Crippen molar-refractivity contribution in [2.75, 3.05) is 7.11 Å². The first-order chi connectivity index (χ1) is 19.6. The summed E-state index contributed by atoms with van der Waals surface area (Å²) in [6, 6.07) is 12.5. The van der Waals surface area contributed by atoms with E-state index >= 15 is 0 Å². The third-order valence-electron chi connectivity index (χ3n) is 10.9. The number of phenols is 1. The molecule has 0 aromatic heterocycles. The molecule has 1 saturated carbocycles. The third-order valence-corrected chi connectivity index (χ3v) is 10.9. The quantitative estimate of drug-likeness (QED) is 0.344. The standard InChI is InChI=1S/C37H38O4/c1-7-37-30(28-17-19(2)16-22-8-9-23-20(3)31(38)14-12-25(23)33(22)28)18-29(36(5,40)35(37)39)27-11-10-24-21(4)32(41-6)15-13-26(24)34(27)37/h7,12-17,29-30,38,40H,1,8-11,18H2,2-6H3. The average molecular weight is 547 g/mol. The SMILES string of the molecule is C=CC12C(=O)C(C)(O)C(CC1c1cc(C)cc3c1-c1ccc(O)c(C)c1CC3)C1=C2c2ccc(OC)c(C)c2CC1. The molecule has 8 rings (SSSR count). The zero-order valence-corrected chi connectivity index (χ0v) is 24.6. The van der Waals surface area contributed by atoms with E-state index in [-0.39, 0.29) is 17.6 Å². The van der Waals surface area contributed by atoms with E-state index in [0.717, 1.165) is 64.8 Å². The van der Waals surface area contributed by atoms with Crippen LogP contribution in [0.4, 0.5) is 0 Å². The fourth-order valence-corrected chi connectivity index (χ4v) is 9.02. The summed E-state index contributed by atoms with van der Waals surface area (Å²) in [4.78, 5) is 14.7. The molecule has 2 N–H and O–H groups in total. The number of ketones is 1. The first-order valence-corrected chi connectivity index (χ1v) is 14.8. The van der Waals surface area contributed by atoms with Gasteiger partial charge < -0.3 is 14.9 Å². The van der Waals surface area contributed by atoms with Crippen LogP contribution >= 0.6 is 0 Å². The number of hydrogen-bond acceptors (Lipinski definition) is 4. The monoisotopic (exact) mass is 546 g/mol. The Kier molecular flexibility index (Phi) is 5.57. The maximum atomic E-state index is 14.7. The maximum Gasteiger partial charge on any atom is 0.179 e. The molecule has 0 amide bonds. The van der Waals surface area contributed by atoms with Crippen molar-refractivity contribution in [1.29, 1.82) is 0 Å². The van der Waals surface area contributed by atoms with Gasteiger partial charge in [0, 0.05) is 11.8 Å². The Morgan fingerprint density at radius 3 is 2.39 bits per heavy atom. The Bertz CT molecular complexity index is 1720. The van der Waals surface area contributed by atoms with Crippen molar-refractivity contribution < 1.29 is 19.7 Å². The van der Waals surface area contributed by atoms with Crippen LogP contribution in [-0.4, -0.2) is 28.7 Å². The van der Waals surface area contributed by atoms with E-state index in [4.69, 9.17) is 4.74 Å². The summed E-state index contributed by atoms with van der Waals surface area (Å²) < 4.78 is 5.67. The summed E-state index contributed by atoms with van der Waals surface area (Å²) in [5.74, 6) is 0.617. The van der Waals surface area contributed by atoms with Crippen LogP contribution in [0.15, 0.2) is 54.6 Å². The second-order valence-electron chi connectivity index (χ2n) is 12.8. The van der Waals surface area contributed by atoms with Gasteiger partial charge in [0.1, 0.15) is 17.1 Å². The van der Waals surface area contributed by atoms with Gasteiger partial charge in [0.25, 0.3) is 0 Å². The molecule has 4 atom stereocenters. The van der Waals surface area contributed by atoms with Crippen LogP contribution in [0.1, 0.15) is 70.2 Å². The molecule has 5 aliphatic carbocycles. The molecule has 41 heavy (non-hydrogen) atoms. The van der Waals surface area contributed by atoms with Crippen molar-refractivity contribution >= 4 is 11.4 Å². The molecule has 0 spiro atoms. The van der Waals surface area contributed by atoms with Crippen LogP contribution < -0.4 is 4.74 Å². The van der Waals surface area contributed by atoms with Crippen molar-refractivity contribution in [2.45, 2.75) is 71.3 Å². The van der Waals surface area contributed by atoms with Gasteiger partial charge in [-0.25, -0.2) is 0 Å². The minimum absolute atomic E-state index is 0.144. The molecule has 1 fully saturated rings. The Hall–Kier alpha value is -3.63. The third kappa shape index (κ3) is 3.23. The lowest BCUT2D eigenvalue weighted by Gasteiger charge is -2.59. The predicted octanol–water partition coefficient (Wildman–Crippen LogP) is 7.10. The number of ether oxygens (including phenoxy) is 1. The number of Topliss-reactive ketones (excluding diaryl/α,β-unsaturated/α-hetero) is 1. The number of aliphatic hydroxyl groups is 1. The number of carbonyl (C=O) groups excluding carboxylic acids is 1. The lowest BCUT2D eigenvalue weighted by molar-refractivity contribution is -0.154. The molecule has 5 aliphatic rings. The fourth-order valence-electron chi connectivity index (χ4n) is 9.02. The Morgan fingerprint density at radius 1 is 0.951 bits per heavy atom. The lowest BCUT2D eigenvalue weighted by Crippen LogP contribution is -2.62. The summed E-state index contributed by atoms with van der Waals surface area (Å²) in [7, 11) is 1.70. The smallest absolute Gasteiger partial charge is 0.179 e. The van der Waals surface area contributed by atoms with Gasteiger partial charge in [-0.15, -0.1) is 6.58 Å². The maximum absolute atomic E-state index is 14.7. The lowest BCUT2D eigenvalue weighted by atomic mass is 9.44. The number of aryl methyl sites for hydroxylation is 2. The number of rotatable bonds is 3. The van der Waals surface area contributed by atoms with Gasteiger partial charge >= 0.3 is 0 Å². The highest BCUT2D eigenvalue weighted by atomic mass is 16.5. The van der Waals surface area contributed by atoms with E-state index in [0.29, 0.717) is 12.2 Å². The molecular weight excluding hydrogens is 508 g/mol. The molecule has 3 aromatic carbocycles. The van der Waals surface area contributed by atoms with Gasteiger partial charge in [-0.1, -0.05) is 41.5 Å². The minimum atomic E-state index is -1.45. The summed E-state index contributed by atoms with van der Waals surface area (Å²) in [5.41, 5.74) is 11.3. The zero-order chi connectivity index (χ0) is 29.0. The van der Waals surface area contributed by atoms with Gasteiger partial charge in [-0.2, -0.15) is 0 Å². The molecule has 0 radical (unpaired) electrons. The van der Waals surface area contributed by atoms with Crippen molar-refractivity contribution in [2.24, 2.45) is 11.3 Å². The zero-order valence-electron chi connectivity index (χ0n) is 24.6. The number of carbonyl (C=O) groups is 1. The van der Waals surface area contributed by atoms with E-state index in [1.54, 1.807) is 20.1 Å². The van der Waals surface area contributed by atoms with Crippen molar-refractivity contribution in [3.05, 3.63) is 99.1 Å². The molecular formula is C37H38O4. The van der Waals surface area contributed by atoms with Crippen molar-refractivity contribution in [3.63, 3.8) is 0 Å². The van der Waals surface area contributed by atoms with Crippen LogP contribution in [0.2, 0.25) is 0 Å². The van der Waals surface area contributed by atoms with Crippen LogP contribution in [0.25, 0.3) is 16.7 Å². The van der Waals surface area contributed by atoms with Crippen molar-refractivity contribution in [3.8, 4) is 22.6 Å². The van der Waals surface area contributed by atoms with Gasteiger partial charge in [0.05, 0.1) is 12.5 Å². The second-order valence-corrected chi connectivity index (χ2v) is 12.8. The average Bonchev–Trinajstić information content (AvgIpc) is 2.96. The molecule has 2 bridgehead atoms. The normalized spacial score (nSPS) is 27.6. The highest BCUT2D eigenvalue weighted by Gasteiger charge is 2.66. The number of fused-ring (bicyclic) bond motifs is 6. The summed E-state index contributed by atoms with van der Waals surface area (Å²) in [6.45, 7) is 12.3. The highest BCUT2D eigenvalue weighted by Crippen LogP contribution is 2.68. The van der Waals surface area contributed by atoms with Crippen LogP contribution in [0.5, 0.6) is 11.5 Å². The summed E-state index contributed by atoms with van der Waals surface area (Å²) in [6.07, 6.45) is 6.00. The predicted molar refractivity (Wildman–Crippen MR) is 163 cm³/mol. The largest absolute Gasteiger partial charge is 0.508 e. The van der Waals surface area contributed by atoms with Crippen LogP contribution in [0, 0.1) is 32.1 Å². The Morgan fingerprint density at radius 2 is 1.66 bits per heavy atom. The molecule has 210 valence electrons. The molecule has 4 nitrogen and oxygen atoms in total. The first kappa shape index (κ1) is 26.3. The molecule has 0 heterocycles. The molecule has 3 aromatic rings. The highest BCUT2D eigenvalue weighted by molar-refractivity contribution is 6.10. The van der Waals surface area contributed by atoms with Crippen LogP contribution in [0.3, 0.4) is 0 Å². The molecule has 0 saturated heterocycles. The first-order valence-electron chi connectivity index (χ1n) is 14.8. The van der Waals surface area contributed by atoms with Gasteiger partial charge in [-0.05, 0) is 128 Å². The summed E-state index contributed by atoms with van der Waals surface area (Å²) >= 11 is 0. The van der Waals surface area contributed by atoms with E-state index in [2.05, 4.69) is 38.6 Å². The molecule has 0 aliphatic heterocycles. The minimum Gasteiger partial charge on any atom is -0.508 e. The Balaban J connectivity index is 1.53. The number of aromatic hydroxyl groups is 1. The van der Waals surface area contributed by atoms with Gasteiger partial charge in [0.15, 0.2) is 5.78 Å². The van der Waals surface area contributed by atoms with E-state index in [1.807, 2.05) is 25.1 Å². The van der Waals surface area contributed by atoms with Crippen molar-refractivity contribution in [1.82, 2.24) is 0 Å². The van der Waals surface area contributed by atoms with Gasteiger partial charge in [0.2, 0.25) is 0 Å². The molecule has 4 heteroatoms. The topological polar surface area (TPSA) is 66.8 Å². The Labute approximate surface area is 242 Å². The van der Waals surface area contributed by atoms with E-state index in [1.165, 1.54) is 33.4 Å². The summed E-state index contributed by atoms with van der Waals surface area (Å²) in [5, 5.41) is 22.4. The number of benzene rings is 3. The van der Waals surface area contributed by atoms with E-state index in [9.17, 15) is 15.0 Å². The fraction of sp³-hybridized carbons (Fsp3) is 0.378. The van der Waals surface area contributed by atoms with Gasteiger partial charge in [-0.3, -0.25) is 4.79 Å². The number of methoxy groups -OCH3 is 1. The molecule has 4 unspecified atom stereocenters.